The summed E-state index contributed by atoms with van der Waals surface area (Å²) in [6, 6.07) is 15.2. The SMILES string of the molecule is Cc1cc(C(=O)Nc2ccc(-c3ccccc3C(F)(F)F)cc2)ccc1S(N)(=O)=O. The molecule has 5 nitrogen and oxygen atoms in total. The maximum Gasteiger partial charge on any atom is 0.417 e. The fourth-order valence-corrected chi connectivity index (χ4v) is 3.79. The van der Waals surface area contributed by atoms with Crippen molar-refractivity contribution in [2.24, 2.45) is 5.14 Å². The molecule has 0 aliphatic heterocycles. The molecule has 0 radical (unpaired) electrons. The molecule has 0 saturated heterocycles. The largest absolute Gasteiger partial charge is 0.417 e. The number of sulfonamides is 1. The number of anilines is 1. The normalized spacial score (nSPS) is 11.9. The number of nitrogens with two attached hydrogens (primary N) is 1. The first-order valence-corrected chi connectivity index (χ1v) is 10.2. The number of primary sulfonamides is 1. The topological polar surface area (TPSA) is 89.3 Å². The fraction of sp³-hybridized carbons (Fsp3) is 0.0952. The molecule has 30 heavy (non-hydrogen) atoms. The van der Waals surface area contributed by atoms with Gasteiger partial charge in [-0.25, -0.2) is 13.6 Å². The molecule has 0 saturated carbocycles. The highest BCUT2D eigenvalue weighted by atomic mass is 32.2. The van der Waals surface area contributed by atoms with Crippen molar-refractivity contribution in [1.29, 1.82) is 0 Å². The van der Waals surface area contributed by atoms with E-state index in [9.17, 15) is 26.4 Å². The average molecular weight is 434 g/mol. The minimum atomic E-state index is -4.48. The van der Waals surface area contributed by atoms with Crippen LogP contribution in [0, 0.1) is 6.92 Å². The second-order valence-corrected chi connectivity index (χ2v) is 8.13. The number of halogens is 3. The van der Waals surface area contributed by atoms with Crippen LogP contribution < -0.4 is 10.5 Å². The van der Waals surface area contributed by atoms with E-state index < -0.39 is 27.7 Å². The third-order valence-electron chi connectivity index (χ3n) is 4.43. The summed E-state index contributed by atoms with van der Waals surface area (Å²) in [5.41, 5.74) is 0.565. The summed E-state index contributed by atoms with van der Waals surface area (Å²) in [5, 5.41) is 7.73. The van der Waals surface area contributed by atoms with Gasteiger partial charge in [0.1, 0.15) is 0 Å². The Morgan fingerprint density at radius 2 is 1.60 bits per heavy atom. The highest BCUT2D eigenvalue weighted by molar-refractivity contribution is 7.89. The van der Waals surface area contributed by atoms with E-state index in [2.05, 4.69) is 5.32 Å². The van der Waals surface area contributed by atoms with Crippen LogP contribution in [0.2, 0.25) is 0 Å². The lowest BCUT2D eigenvalue weighted by Crippen LogP contribution is -2.16. The first-order chi connectivity index (χ1) is 14.0. The zero-order chi connectivity index (χ0) is 22.1. The number of carbonyl (C=O) groups is 1. The quantitative estimate of drug-likeness (QED) is 0.630. The van der Waals surface area contributed by atoms with E-state index in [0.29, 0.717) is 16.8 Å². The molecule has 0 bridgehead atoms. The van der Waals surface area contributed by atoms with Crippen molar-refractivity contribution in [2.75, 3.05) is 5.32 Å². The van der Waals surface area contributed by atoms with Crippen LogP contribution in [-0.2, 0) is 16.2 Å². The van der Waals surface area contributed by atoms with Gasteiger partial charge in [-0.1, -0.05) is 30.3 Å². The minimum absolute atomic E-state index is 0.0390. The summed E-state index contributed by atoms with van der Waals surface area (Å²) in [6.07, 6.45) is -4.48. The van der Waals surface area contributed by atoms with E-state index in [1.54, 1.807) is 0 Å². The molecule has 3 aromatic carbocycles. The fourth-order valence-electron chi connectivity index (χ4n) is 3.03. The molecule has 156 valence electrons. The van der Waals surface area contributed by atoms with Gasteiger partial charge in [-0.2, -0.15) is 13.2 Å². The van der Waals surface area contributed by atoms with E-state index >= 15 is 0 Å². The Balaban J connectivity index is 1.82. The number of hydrogen-bond acceptors (Lipinski definition) is 3. The highest BCUT2D eigenvalue weighted by Crippen LogP contribution is 2.37. The second kappa shape index (κ2) is 7.92. The number of hydrogen-bond donors (Lipinski definition) is 2. The van der Waals surface area contributed by atoms with E-state index in [1.807, 2.05) is 0 Å². The molecule has 0 aliphatic rings. The molecule has 3 aromatic rings. The Morgan fingerprint density at radius 1 is 0.967 bits per heavy atom. The molecule has 9 heteroatoms. The number of amides is 1. The number of alkyl halides is 3. The minimum Gasteiger partial charge on any atom is -0.322 e. The Hall–Kier alpha value is -3.17. The molecule has 0 spiro atoms. The Bertz CT molecular complexity index is 1200. The van der Waals surface area contributed by atoms with Crippen molar-refractivity contribution in [3.05, 3.63) is 83.4 Å². The van der Waals surface area contributed by atoms with Crippen LogP contribution >= 0.6 is 0 Å². The van der Waals surface area contributed by atoms with Gasteiger partial charge in [0.15, 0.2) is 0 Å². The molecule has 0 aliphatic carbocycles. The molecule has 0 heterocycles. The van der Waals surface area contributed by atoms with Gasteiger partial charge in [0.05, 0.1) is 10.5 Å². The zero-order valence-corrected chi connectivity index (χ0v) is 16.5. The van der Waals surface area contributed by atoms with Gasteiger partial charge in [-0.15, -0.1) is 0 Å². The number of nitrogens with one attached hydrogen (secondary N) is 1. The van der Waals surface area contributed by atoms with Gasteiger partial charge in [-0.05, 0) is 60.0 Å². The lowest BCUT2D eigenvalue weighted by Gasteiger charge is -2.13. The van der Waals surface area contributed by atoms with Crippen molar-refractivity contribution in [3.8, 4) is 11.1 Å². The van der Waals surface area contributed by atoms with E-state index in [4.69, 9.17) is 5.14 Å². The zero-order valence-electron chi connectivity index (χ0n) is 15.7. The second-order valence-electron chi connectivity index (χ2n) is 6.60. The van der Waals surface area contributed by atoms with Crippen molar-refractivity contribution < 1.29 is 26.4 Å². The van der Waals surface area contributed by atoms with Crippen molar-refractivity contribution in [3.63, 3.8) is 0 Å². The summed E-state index contributed by atoms with van der Waals surface area (Å²) in [7, 11) is -3.89. The van der Waals surface area contributed by atoms with E-state index in [1.165, 1.54) is 67.6 Å². The van der Waals surface area contributed by atoms with E-state index in [0.717, 1.165) is 6.07 Å². The Morgan fingerprint density at radius 3 is 2.17 bits per heavy atom. The first-order valence-electron chi connectivity index (χ1n) is 8.68. The monoisotopic (exact) mass is 434 g/mol. The van der Waals surface area contributed by atoms with Gasteiger partial charge < -0.3 is 5.32 Å². The van der Waals surface area contributed by atoms with Gasteiger partial charge in [0.2, 0.25) is 10.0 Å². The first kappa shape index (κ1) is 21.5. The summed E-state index contributed by atoms with van der Waals surface area (Å²) in [6.45, 7) is 1.52. The lowest BCUT2D eigenvalue weighted by molar-refractivity contribution is -0.137. The van der Waals surface area contributed by atoms with Crippen LogP contribution in [0.5, 0.6) is 0 Å². The smallest absolute Gasteiger partial charge is 0.322 e. The van der Waals surface area contributed by atoms with Crippen molar-refractivity contribution in [1.82, 2.24) is 0 Å². The number of aryl methyl sites for hydroxylation is 1. The molecule has 1 amide bonds. The third-order valence-corrected chi connectivity index (χ3v) is 5.50. The van der Waals surface area contributed by atoms with Gasteiger partial charge >= 0.3 is 6.18 Å². The van der Waals surface area contributed by atoms with Crippen LogP contribution in [0.4, 0.5) is 18.9 Å². The average Bonchev–Trinajstić information content (AvgIpc) is 2.67. The van der Waals surface area contributed by atoms with Crippen LogP contribution in [0.15, 0.2) is 71.6 Å². The summed E-state index contributed by atoms with van der Waals surface area (Å²) in [5.74, 6) is -0.498. The van der Waals surface area contributed by atoms with Gasteiger partial charge in [-0.3, -0.25) is 4.79 Å². The van der Waals surface area contributed by atoms with Crippen LogP contribution in [-0.4, -0.2) is 14.3 Å². The van der Waals surface area contributed by atoms with E-state index in [-0.39, 0.29) is 16.0 Å². The molecule has 3 N–H and O–H groups in total. The van der Waals surface area contributed by atoms with Gasteiger partial charge in [0, 0.05) is 11.3 Å². The van der Waals surface area contributed by atoms with Crippen molar-refractivity contribution in [2.45, 2.75) is 18.0 Å². The number of carbonyl (C=O) groups excluding carboxylic acids is 1. The Kier molecular flexibility index (Phi) is 5.69. The highest BCUT2D eigenvalue weighted by Gasteiger charge is 2.33. The molecule has 0 fully saturated rings. The number of benzene rings is 3. The molecular formula is C21H17F3N2O3S. The Labute approximate surface area is 171 Å². The summed E-state index contributed by atoms with van der Waals surface area (Å²) in [4.78, 5) is 12.4. The number of rotatable bonds is 4. The summed E-state index contributed by atoms with van der Waals surface area (Å²) < 4.78 is 62.6. The predicted octanol–water partition coefficient (Wildman–Crippen LogP) is 4.58. The van der Waals surface area contributed by atoms with Crippen LogP contribution in [0.3, 0.4) is 0 Å². The maximum absolute atomic E-state index is 13.2. The molecule has 0 aromatic heterocycles. The molecule has 3 rings (SSSR count). The van der Waals surface area contributed by atoms with Crippen LogP contribution in [0.25, 0.3) is 11.1 Å². The van der Waals surface area contributed by atoms with Gasteiger partial charge in [0.25, 0.3) is 5.91 Å². The predicted molar refractivity (Wildman–Crippen MR) is 107 cm³/mol. The molecular weight excluding hydrogens is 417 g/mol. The third kappa shape index (κ3) is 4.69. The maximum atomic E-state index is 13.2. The molecule has 0 atom stereocenters. The summed E-state index contributed by atoms with van der Waals surface area (Å²) >= 11 is 0. The molecule has 0 unspecified atom stereocenters. The lowest BCUT2D eigenvalue weighted by atomic mass is 9.99. The van der Waals surface area contributed by atoms with Crippen molar-refractivity contribution >= 4 is 21.6 Å². The standard InChI is InChI=1S/C21H17F3N2O3S/c1-13-12-15(8-11-19(13)30(25,28)29)20(27)26-16-9-6-14(7-10-16)17-4-2-3-5-18(17)21(22,23)24/h2-12H,1H3,(H,26,27)(H2,25,28,29). The van der Waals surface area contributed by atoms with Crippen LogP contribution in [0.1, 0.15) is 21.5 Å².